The van der Waals surface area contributed by atoms with Gasteiger partial charge in [-0.05, 0) is 11.7 Å². The number of thiol groups is 1. The molecule has 50 valence electrons. The normalized spacial score (nSPS) is 8.29. The Bertz CT molecular complexity index is 96.1. The zero-order chi connectivity index (χ0) is 4.50. The van der Waals surface area contributed by atoms with Crippen LogP contribution in [0.5, 0.6) is 0 Å². The average molecular weight is 326 g/mol. The van der Waals surface area contributed by atoms with Gasteiger partial charge in [0.2, 0.25) is 0 Å². The fourth-order valence-electron chi connectivity index (χ4n) is 0. The quantitative estimate of drug-likeness (QED) is 0.329. The molecule has 0 saturated carbocycles. The molecule has 0 spiro atoms. The minimum Gasteiger partial charge on any atom is -0.344 e. The van der Waals surface area contributed by atoms with Crippen LogP contribution in [0.4, 0.5) is 0 Å². The topological polar surface area (TPSA) is 89.4 Å². The van der Waals surface area contributed by atoms with Crippen LogP contribution in [0.25, 0.3) is 0 Å². The van der Waals surface area contributed by atoms with E-state index in [2.05, 4.69) is 11.7 Å². The van der Waals surface area contributed by atoms with E-state index in [1.807, 2.05) is 0 Å². The van der Waals surface area contributed by atoms with Crippen LogP contribution in [0.1, 0.15) is 0 Å². The van der Waals surface area contributed by atoms with E-state index in [0.717, 1.165) is 0 Å². The summed E-state index contributed by atoms with van der Waals surface area (Å²) in [6.45, 7) is 0. The van der Waals surface area contributed by atoms with Gasteiger partial charge in [-0.2, -0.15) is 8.42 Å². The van der Waals surface area contributed by atoms with E-state index < -0.39 is 9.15 Å². The van der Waals surface area contributed by atoms with Crippen LogP contribution >= 0.6 is 11.7 Å². The third-order valence-corrected chi connectivity index (χ3v) is 0. The van der Waals surface area contributed by atoms with Crippen molar-refractivity contribution in [3.05, 3.63) is 0 Å². The zero-order valence-electron chi connectivity index (χ0n) is 3.14. The Morgan fingerprint density at radius 1 is 1.43 bits per heavy atom. The van der Waals surface area contributed by atoms with Crippen LogP contribution in [0.3, 0.4) is 0 Å². The van der Waals surface area contributed by atoms with Crippen molar-refractivity contribution in [2.24, 2.45) is 0 Å². The molecule has 7 heavy (non-hydrogen) atoms. The SMILES string of the molecule is N.O=S(=O)(O)S.[Pt]. The molecule has 0 unspecified atom stereocenters. The maximum Gasteiger partial charge on any atom is 0.316 e. The largest absolute Gasteiger partial charge is 0.344 e. The summed E-state index contributed by atoms with van der Waals surface area (Å²) in [5.41, 5.74) is 0. The van der Waals surface area contributed by atoms with Gasteiger partial charge in [0.15, 0.2) is 0 Å². The molecule has 4 nitrogen and oxygen atoms in total. The first-order chi connectivity index (χ1) is 2.00. The van der Waals surface area contributed by atoms with E-state index in [-0.39, 0.29) is 27.2 Å². The average Bonchev–Trinajstić information content (AvgIpc) is 0.722. The maximum absolute atomic E-state index is 9.05. The summed E-state index contributed by atoms with van der Waals surface area (Å²) in [6, 6.07) is 0. The van der Waals surface area contributed by atoms with E-state index in [1.165, 1.54) is 0 Å². The third kappa shape index (κ3) is 202. The molecule has 0 rings (SSSR count). The van der Waals surface area contributed by atoms with Gasteiger partial charge in [0.05, 0.1) is 0 Å². The molecule has 0 fully saturated rings. The van der Waals surface area contributed by atoms with Crippen molar-refractivity contribution in [2.75, 3.05) is 0 Å². The predicted molar refractivity (Wildman–Crippen MR) is 25.6 cm³/mol. The maximum atomic E-state index is 9.05. The molecule has 0 aromatic heterocycles. The predicted octanol–water partition coefficient (Wildman–Crippen LogP) is -0.121. The van der Waals surface area contributed by atoms with Crippen molar-refractivity contribution in [1.29, 1.82) is 0 Å². The Morgan fingerprint density at radius 3 is 1.43 bits per heavy atom. The van der Waals surface area contributed by atoms with Crippen LogP contribution in [-0.4, -0.2) is 13.0 Å². The summed E-state index contributed by atoms with van der Waals surface area (Å²) in [4.78, 5) is 0. The number of hydrogen-bond acceptors (Lipinski definition) is 3. The fourth-order valence-corrected chi connectivity index (χ4v) is 0. The summed E-state index contributed by atoms with van der Waals surface area (Å²) >= 11 is 2.65. The summed E-state index contributed by atoms with van der Waals surface area (Å²) in [5.74, 6) is 0. The first kappa shape index (κ1) is 15.7. The van der Waals surface area contributed by atoms with Crippen molar-refractivity contribution in [3.63, 3.8) is 0 Å². The van der Waals surface area contributed by atoms with Crippen molar-refractivity contribution in [1.82, 2.24) is 6.15 Å². The van der Waals surface area contributed by atoms with Crippen LogP contribution in [-0.2, 0) is 30.2 Å². The van der Waals surface area contributed by atoms with Crippen LogP contribution in [0, 0.1) is 0 Å². The van der Waals surface area contributed by atoms with Gasteiger partial charge in [-0.15, -0.1) is 0 Å². The molecular formula is H5NO3PtS2. The second-order valence-electron chi connectivity index (χ2n) is 0.448. The van der Waals surface area contributed by atoms with Crippen molar-refractivity contribution >= 4 is 20.8 Å². The molecule has 7 heteroatoms. The second-order valence-corrected chi connectivity index (χ2v) is 2.73. The third-order valence-electron chi connectivity index (χ3n) is 0. The molecule has 0 saturated heterocycles. The molecule has 0 radical (unpaired) electrons. The Hall–Kier alpha value is 0.908. The molecule has 0 bridgehead atoms. The second kappa shape index (κ2) is 5.05. The first-order valence-corrected chi connectivity index (χ1v) is 3.19. The summed E-state index contributed by atoms with van der Waals surface area (Å²) in [6.07, 6.45) is 0. The molecule has 0 aromatic carbocycles. The molecule has 0 heterocycles. The van der Waals surface area contributed by atoms with Gasteiger partial charge < -0.3 is 6.15 Å². The van der Waals surface area contributed by atoms with E-state index in [9.17, 15) is 0 Å². The van der Waals surface area contributed by atoms with Gasteiger partial charge in [-0.1, -0.05) is 0 Å². The standard InChI is InChI=1S/H3N.H2O3S2.Pt/c;1-5(2,3)4;/h1H3;(H2,1,2,3,4);. The van der Waals surface area contributed by atoms with E-state index >= 15 is 0 Å². The van der Waals surface area contributed by atoms with Crippen molar-refractivity contribution < 1.29 is 34.0 Å². The van der Waals surface area contributed by atoms with Crippen molar-refractivity contribution in [3.8, 4) is 0 Å². The molecule has 0 aliphatic heterocycles. The molecule has 0 aromatic rings. The Kier molecular flexibility index (Phi) is 11.3. The molecular weight excluding hydrogens is 321 g/mol. The minimum absolute atomic E-state index is 0. The number of hydrogen-bond donors (Lipinski definition) is 3. The summed E-state index contributed by atoms with van der Waals surface area (Å²) < 4.78 is 25.5. The van der Waals surface area contributed by atoms with Gasteiger partial charge >= 0.3 is 9.15 Å². The zero-order valence-corrected chi connectivity index (χ0v) is 7.13. The van der Waals surface area contributed by atoms with Gasteiger partial charge in [0.25, 0.3) is 0 Å². The smallest absolute Gasteiger partial charge is 0.316 e. The Morgan fingerprint density at radius 2 is 1.43 bits per heavy atom. The van der Waals surface area contributed by atoms with Crippen LogP contribution < -0.4 is 6.15 Å². The first-order valence-electron chi connectivity index (χ1n) is 0.698. The molecule has 0 atom stereocenters. The van der Waals surface area contributed by atoms with Crippen LogP contribution in [0.2, 0.25) is 0 Å². The summed E-state index contributed by atoms with van der Waals surface area (Å²) in [5, 5.41) is 0. The Labute approximate surface area is 61.1 Å². The molecule has 0 amide bonds. The van der Waals surface area contributed by atoms with Crippen molar-refractivity contribution in [2.45, 2.75) is 0 Å². The van der Waals surface area contributed by atoms with Gasteiger partial charge in [-0.3, -0.25) is 4.55 Å². The summed E-state index contributed by atoms with van der Waals surface area (Å²) in [7, 11) is -3.97. The molecule has 0 aliphatic carbocycles. The van der Waals surface area contributed by atoms with Crippen LogP contribution in [0.15, 0.2) is 0 Å². The van der Waals surface area contributed by atoms with Gasteiger partial charge in [0, 0.05) is 21.1 Å². The molecule has 4 N–H and O–H groups in total. The minimum atomic E-state index is -3.97. The number of rotatable bonds is 0. The Balaban J connectivity index is -0.0000000800. The fraction of sp³-hybridized carbons (Fsp3) is 0. The van der Waals surface area contributed by atoms with Gasteiger partial charge in [-0.25, -0.2) is 0 Å². The van der Waals surface area contributed by atoms with Gasteiger partial charge in [0.1, 0.15) is 0 Å². The monoisotopic (exact) mass is 326 g/mol. The molecule has 0 aliphatic rings. The van der Waals surface area contributed by atoms with E-state index in [4.69, 9.17) is 13.0 Å². The van der Waals surface area contributed by atoms with E-state index in [1.54, 1.807) is 0 Å². The van der Waals surface area contributed by atoms with E-state index in [0.29, 0.717) is 0 Å².